The number of morpholine rings is 1. The summed E-state index contributed by atoms with van der Waals surface area (Å²) >= 11 is 0. The first-order valence-electron chi connectivity index (χ1n) is 9.90. The van der Waals surface area contributed by atoms with Gasteiger partial charge in [0.05, 0.1) is 25.7 Å². The molecule has 2 amide bonds. The zero-order valence-corrected chi connectivity index (χ0v) is 16.6. The SMILES string of the molecule is CC(C)C(=O)OCCN1C(=O)c2cccc3c(N4CCOCC4)ccc(c23)C1=O. The van der Waals surface area contributed by atoms with E-state index in [0.29, 0.717) is 29.7 Å². The Morgan fingerprint density at radius 2 is 1.76 bits per heavy atom. The van der Waals surface area contributed by atoms with Gasteiger partial charge in [0.1, 0.15) is 6.61 Å². The molecule has 2 aliphatic rings. The number of carbonyl (C=O) groups is 3. The molecule has 0 bridgehead atoms. The summed E-state index contributed by atoms with van der Waals surface area (Å²) in [6, 6.07) is 9.27. The van der Waals surface area contributed by atoms with Crippen molar-refractivity contribution in [1.29, 1.82) is 0 Å². The molecule has 2 aliphatic heterocycles. The van der Waals surface area contributed by atoms with Crippen LogP contribution in [-0.4, -0.2) is 62.1 Å². The van der Waals surface area contributed by atoms with E-state index in [1.54, 1.807) is 26.0 Å². The van der Waals surface area contributed by atoms with Crippen molar-refractivity contribution in [3.05, 3.63) is 41.5 Å². The van der Waals surface area contributed by atoms with Crippen LogP contribution in [0, 0.1) is 5.92 Å². The molecule has 29 heavy (non-hydrogen) atoms. The molecule has 1 saturated heterocycles. The predicted molar refractivity (Wildman–Crippen MR) is 108 cm³/mol. The van der Waals surface area contributed by atoms with Crippen molar-refractivity contribution >= 4 is 34.2 Å². The third-order valence-electron chi connectivity index (χ3n) is 5.35. The highest BCUT2D eigenvalue weighted by atomic mass is 16.5. The van der Waals surface area contributed by atoms with Gasteiger partial charge < -0.3 is 14.4 Å². The van der Waals surface area contributed by atoms with E-state index in [4.69, 9.17) is 9.47 Å². The molecule has 2 aromatic rings. The summed E-state index contributed by atoms with van der Waals surface area (Å²) in [5, 5.41) is 1.59. The maximum absolute atomic E-state index is 13.0. The predicted octanol–water partition coefficient (Wildman–Crippen LogP) is 2.47. The van der Waals surface area contributed by atoms with Gasteiger partial charge in [0.2, 0.25) is 0 Å². The topological polar surface area (TPSA) is 76.2 Å². The molecule has 152 valence electrons. The van der Waals surface area contributed by atoms with Crippen LogP contribution in [0.1, 0.15) is 34.6 Å². The van der Waals surface area contributed by atoms with E-state index in [2.05, 4.69) is 4.90 Å². The van der Waals surface area contributed by atoms with Crippen LogP contribution >= 0.6 is 0 Å². The van der Waals surface area contributed by atoms with Crippen molar-refractivity contribution in [2.24, 2.45) is 5.92 Å². The Hall–Kier alpha value is -2.93. The van der Waals surface area contributed by atoms with E-state index in [1.807, 2.05) is 18.2 Å². The molecular formula is C22H24N2O5. The van der Waals surface area contributed by atoms with Gasteiger partial charge in [-0.1, -0.05) is 26.0 Å². The number of anilines is 1. The molecule has 0 spiro atoms. The maximum Gasteiger partial charge on any atom is 0.308 e. The average Bonchev–Trinajstić information content (AvgIpc) is 2.74. The summed E-state index contributed by atoms with van der Waals surface area (Å²) in [7, 11) is 0. The zero-order chi connectivity index (χ0) is 20.5. The number of imide groups is 1. The van der Waals surface area contributed by atoms with Crippen LogP contribution in [0.3, 0.4) is 0 Å². The van der Waals surface area contributed by atoms with Crippen molar-refractivity contribution in [2.75, 3.05) is 44.4 Å². The van der Waals surface area contributed by atoms with Crippen LogP contribution in [-0.2, 0) is 14.3 Å². The summed E-state index contributed by atoms with van der Waals surface area (Å²) < 4.78 is 10.6. The van der Waals surface area contributed by atoms with Gasteiger partial charge in [-0.3, -0.25) is 19.3 Å². The molecule has 0 N–H and O–H groups in total. The first kappa shape index (κ1) is 19.4. The van der Waals surface area contributed by atoms with Gasteiger partial charge >= 0.3 is 5.97 Å². The Morgan fingerprint density at radius 3 is 2.45 bits per heavy atom. The molecule has 0 aromatic heterocycles. The number of benzene rings is 2. The fourth-order valence-electron chi connectivity index (χ4n) is 3.82. The van der Waals surface area contributed by atoms with E-state index in [-0.39, 0.29) is 36.9 Å². The lowest BCUT2D eigenvalue weighted by atomic mass is 9.92. The third kappa shape index (κ3) is 3.46. The summed E-state index contributed by atoms with van der Waals surface area (Å²) in [5.74, 6) is -1.31. The van der Waals surface area contributed by atoms with Crippen LogP contribution in [0.2, 0.25) is 0 Å². The van der Waals surface area contributed by atoms with Gasteiger partial charge in [-0.15, -0.1) is 0 Å². The van der Waals surface area contributed by atoms with Gasteiger partial charge in [-0.2, -0.15) is 0 Å². The molecule has 2 heterocycles. The number of ether oxygens (including phenoxy) is 2. The quantitative estimate of drug-likeness (QED) is 0.571. The lowest BCUT2D eigenvalue weighted by Crippen LogP contribution is -2.42. The fourth-order valence-corrected chi connectivity index (χ4v) is 3.82. The van der Waals surface area contributed by atoms with E-state index in [1.165, 1.54) is 4.90 Å². The van der Waals surface area contributed by atoms with E-state index < -0.39 is 0 Å². The van der Waals surface area contributed by atoms with Crippen LogP contribution < -0.4 is 4.90 Å². The highest BCUT2D eigenvalue weighted by Crippen LogP contribution is 2.36. The third-order valence-corrected chi connectivity index (χ3v) is 5.35. The van der Waals surface area contributed by atoms with E-state index in [0.717, 1.165) is 24.2 Å². The Kier molecular flexibility index (Phi) is 5.24. The largest absolute Gasteiger partial charge is 0.464 e. The number of nitrogens with zero attached hydrogens (tertiary/aromatic N) is 2. The Labute approximate surface area is 169 Å². The average molecular weight is 396 g/mol. The fraction of sp³-hybridized carbons (Fsp3) is 0.409. The minimum absolute atomic E-state index is 0.00827. The van der Waals surface area contributed by atoms with Gasteiger partial charge in [0.15, 0.2) is 0 Å². The number of hydrogen-bond acceptors (Lipinski definition) is 6. The number of hydrogen-bond donors (Lipinski definition) is 0. The Morgan fingerprint density at radius 1 is 1.07 bits per heavy atom. The Bertz CT molecular complexity index is 956. The van der Waals surface area contributed by atoms with Crippen molar-refractivity contribution < 1.29 is 23.9 Å². The smallest absolute Gasteiger partial charge is 0.308 e. The van der Waals surface area contributed by atoms with Crippen LogP contribution in [0.4, 0.5) is 5.69 Å². The molecule has 0 aliphatic carbocycles. The van der Waals surface area contributed by atoms with Gasteiger partial charge in [0, 0.05) is 40.7 Å². The second-order valence-corrected chi connectivity index (χ2v) is 7.54. The second-order valence-electron chi connectivity index (χ2n) is 7.54. The van der Waals surface area contributed by atoms with Gasteiger partial charge in [-0.25, -0.2) is 0 Å². The van der Waals surface area contributed by atoms with Crippen molar-refractivity contribution in [1.82, 2.24) is 4.90 Å². The maximum atomic E-state index is 13.0. The number of esters is 1. The van der Waals surface area contributed by atoms with E-state index in [9.17, 15) is 14.4 Å². The molecule has 7 nitrogen and oxygen atoms in total. The first-order valence-corrected chi connectivity index (χ1v) is 9.90. The number of rotatable bonds is 5. The van der Waals surface area contributed by atoms with E-state index >= 15 is 0 Å². The summed E-state index contributed by atoms with van der Waals surface area (Å²) in [6.45, 7) is 6.36. The molecule has 0 saturated carbocycles. The second kappa shape index (κ2) is 7.83. The first-order chi connectivity index (χ1) is 14.0. The normalized spacial score (nSPS) is 16.7. The van der Waals surface area contributed by atoms with Gasteiger partial charge in [-0.05, 0) is 18.2 Å². The lowest BCUT2D eigenvalue weighted by Gasteiger charge is -2.32. The van der Waals surface area contributed by atoms with Crippen LogP contribution in [0.15, 0.2) is 30.3 Å². The standard InChI is InChI=1S/C22H24N2O5/c1-14(2)22(27)29-13-10-24-20(25)16-5-3-4-15-18(23-8-11-28-12-9-23)7-6-17(19(15)16)21(24)26/h3-7,14H,8-13H2,1-2H3. The summed E-state index contributed by atoms with van der Waals surface area (Å²) in [6.07, 6.45) is 0. The zero-order valence-electron chi connectivity index (χ0n) is 16.6. The van der Waals surface area contributed by atoms with Crippen LogP contribution in [0.25, 0.3) is 10.8 Å². The highest BCUT2D eigenvalue weighted by molar-refractivity contribution is 6.26. The minimum Gasteiger partial charge on any atom is -0.464 e. The molecule has 4 rings (SSSR count). The monoisotopic (exact) mass is 396 g/mol. The van der Waals surface area contributed by atoms with Gasteiger partial charge in [0.25, 0.3) is 11.8 Å². The van der Waals surface area contributed by atoms with Crippen molar-refractivity contribution in [3.63, 3.8) is 0 Å². The van der Waals surface area contributed by atoms with Crippen molar-refractivity contribution in [3.8, 4) is 0 Å². The van der Waals surface area contributed by atoms with Crippen LogP contribution in [0.5, 0.6) is 0 Å². The molecule has 2 aromatic carbocycles. The minimum atomic E-state index is -0.354. The molecule has 0 unspecified atom stereocenters. The summed E-state index contributed by atoms with van der Waals surface area (Å²) in [5.41, 5.74) is 2.01. The molecule has 0 radical (unpaired) electrons. The lowest BCUT2D eigenvalue weighted by molar-refractivity contribution is -0.147. The molecule has 1 fully saturated rings. The highest BCUT2D eigenvalue weighted by Gasteiger charge is 2.33. The molecular weight excluding hydrogens is 372 g/mol. The molecule has 7 heteroatoms. The number of carbonyl (C=O) groups excluding carboxylic acids is 3. The molecule has 0 atom stereocenters. The summed E-state index contributed by atoms with van der Waals surface area (Å²) in [4.78, 5) is 41.1. The van der Waals surface area contributed by atoms with Crippen molar-refractivity contribution in [2.45, 2.75) is 13.8 Å². The number of amides is 2. The Balaban J connectivity index is 1.66.